The Balaban J connectivity index is 2.72. The van der Waals surface area contributed by atoms with Gasteiger partial charge in [0.05, 0.1) is 5.92 Å². The predicted octanol–water partition coefficient (Wildman–Crippen LogP) is 1.19. The van der Waals surface area contributed by atoms with E-state index in [9.17, 15) is 9.59 Å². The van der Waals surface area contributed by atoms with Crippen LogP contribution >= 0.6 is 0 Å². The number of nitrogens with one attached hydrogen (secondary N) is 2. The van der Waals surface area contributed by atoms with Gasteiger partial charge in [-0.2, -0.15) is 0 Å². The van der Waals surface area contributed by atoms with Crippen LogP contribution in [-0.2, 0) is 9.59 Å². The molecule has 0 heterocycles. The Morgan fingerprint density at radius 1 is 1.22 bits per heavy atom. The second-order valence-electron chi connectivity index (χ2n) is 4.08. The first-order chi connectivity index (χ1) is 8.60. The van der Waals surface area contributed by atoms with Crippen LogP contribution in [0.1, 0.15) is 31.7 Å². The van der Waals surface area contributed by atoms with Gasteiger partial charge in [-0.1, -0.05) is 37.3 Å². The third-order valence-corrected chi connectivity index (χ3v) is 2.79. The maximum absolute atomic E-state index is 12.0. The van der Waals surface area contributed by atoms with E-state index >= 15 is 0 Å². The summed E-state index contributed by atoms with van der Waals surface area (Å²) in [7, 11) is 0. The summed E-state index contributed by atoms with van der Waals surface area (Å²) in [4.78, 5) is 23.2. The maximum atomic E-state index is 12.0. The first-order valence-corrected chi connectivity index (χ1v) is 5.89. The van der Waals surface area contributed by atoms with Gasteiger partial charge in [0.25, 0.3) is 5.91 Å². The van der Waals surface area contributed by atoms with E-state index in [1.165, 1.54) is 12.4 Å². The summed E-state index contributed by atoms with van der Waals surface area (Å²) in [5.41, 5.74) is 2.42. The molecule has 0 aliphatic heterocycles. The fraction of sp³-hybridized carbons (Fsp3) is 0.385. The average molecular weight is 250 g/mol. The Bertz CT molecular complexity index is 406. The van der Waals surface area contributed by atoms with Crippen LogP contribution in [0.4, 0.5) is 0 Å². The summed E-state index contributed by atoms with van der Waals surface area (Å²) in [5.74, 6) is -1.15. The van der Waals surface area contributed by atoms with Crippen molar-refractivity contribution in [3.05, 3.63) is 35.9 Å². The van der Waals surface area contributed by atoms with Gasteiger partial charge in [-0.3, -0.25) is 14.8 Å². The van der Waals surface area contributed by atoms with Gasteiger partial charge in [0.2, 0.25) is 5.91 Å². The van der Waals surface area contributed by atoms with Crippen molar-refractivity contribution in [2.75, 3.05) is 0 Å². The fourth-order valence-corrected chi connectivity index (χ4v) is 1.73. The molecule has 2 atom stereocenters. The van der Waals surface area contributed by atoms with E-state index in [0.717, 1.165) is 5.56 Å². The molecule has 5 nitrogen and oxygen atoms in total. The van der Waals surface area contributed by atoms with E-state index in [1.54, 1.807) is 0 Å². The Hall–Kier alpha value is -1.88. The average Bonchev–Trinajstić information content (AvgIpc) is 2.39. The minimum Gasteiger partial charge on any atom is -0.344 e. The lowest BCUT2D eigenvalue weighted by molar-refractivity contribution is -0.134. The molecule has 0 aromatic heterocycles. The molecule has 18 heavy (non-hydrogen) atoms. The molecule has 0 bridgehead atoms. The van der Waals surface area contributed by atoms with Gasteiger partial charge in [0, 0.05) is 0 Å². The first kappa shape index (κ1) is 14.2. The zero-order chi connectivity index (χ0) is 13.5. The molecule has 1 aromatic rings. The summed E-state index contributed by atoms with van der Waals surface area (Å²) in [6.45, 7) is 3.43. The van der Waals surface area contributed by atoms with Gasteiger partial charge in [0.1, 0.15) is 6.04 Å². The highest BCUT2D eigenvalue weighted by Gasteiger charge is 2.22. The molecule has 98 valence electrons. The van der Waals surface area contributed by atoms with Gasteiger partial charge in [0.15, 0.2) is 0 Å². The standard InChI is InChI=1S/C13H18N2O3/c1-3-11(10-7-5-4-6-8-10)13(17)14-9(2)12(16)15-18/h4-9,11,18H,3H2,1-2H3,(H,14,17)(H,15,16)/t9-,11+/m0/s1. The van der Waals surface area contributed by atoms with Crippen molar-refractivity contribution in [2.45, 2.75) is 32.2 Å². The van der Waals surface area contributed by atoms with Crippen LogP contribution in [0.2, 0.25) is 0 Å². The van der Waals surface area contributed by atoms with Crippen molar-refractivity contribution in [1.82, 2.24) is 10.8 Å². The molecule has 0 spiro atoms. The van der Waals surface area contributed by atoms with E-state index in [4.69, 9.17) is 5.21 Å². The number of carbonyl (C=O) groups is 2. The summed E-state index contributed by atoms with van der Waals surface area (Å²) >= 11 is 0. The van der Waals surface area contributed by atoms with E-state index < -0.39 is 11.9 Å². The van der Waals surface area contributed by atoms with Gasteiger partial charge in [-0.15, -0.1) is 0 Å². The molecule has 0 saturated heterocycles. The molecule has 3 N–H and O–H groups in total. The summed E-state index contributed by atoms with van der Waals surface area (Å²) in [5, 5.41) is 11.0. The molecule has 0 fully saturated rings. The van der Waals surface area contributed by atoms with Crippen LogP contribution in [-0.4, -0.2) is 23.1 Å². The smallest absolute Gasteiger partial charge is 0.265 e. The summed E-state index contributed by atoms with van der Waals surface area (Å²) < 4.78 is 0. The minimum atomic E-state index is -0.764. The Labute approximate surface area is 106 Å². The van der Waals surface area contributed by atoms with E-state index in [2.05, 4.69) is 5.32 Å². The Morgan fingerprint density at radius 2 is 1.83 bits per heavy atom. The van der Waals surface area contributed by atoms with Crippen LogP contribution < -0.4 is 10.8 Å². The van der Waals surface area contributed by atoms with Crippen LogP contribution in [0.3, 0.4) is 0 Å². The van der Waals surface area contributed by atoms with Crippen LogP contribution in [0.25, 0.3) is 0 Å². The maximum Gasteiger partial charge on any atom is 0.265 e. The largest absolute Gasteiger partial charge is 0.344 e. The molecule has 0 radical (unpaired) electrons. The third kappa shape index (κ3) is 3.56. The molecule has 1 rings (SSSR count). The van der Waals surface area contributed by atoms with Gasteiger partial charge in [-0.05, 0) is 18.9 Å². The lowest BCUT2D eigenvalue weighted by Gasteiger charge is -2.18. The second-order valence-corrected chi connectivity index (χ2v) is 4.08. The second kappa shape index (κ2) is 6.76. The number of carbonyl (C=O) groups excluding carboxylic acids is 2. The SMILES string of the molecule is CC[C@@H](C(=O)N[C@@H](C)C(=O)NO)c1ccccc1. The van der Waals surface area contributed by atoms with Crippen LogP contribution in [0.5, 0.6) is 0 Å². The topological polar surface area (TPSA) is 78.4 Å². The van der Waals surface area contributed by atoms with Gasteiger partial charge in [-0.25, -0.2) is 5.48 Å². The van der Waals surface area contributed by atoms with Crippen LogP contribution in [0.15, 0.2) is 30.3 Å². The molecule has 0 aliphatic carbocycles. The molecular weight excluding hydrogens is 232 g/mol. The summed E-state index contributed by atoms with van der Waals surface area (Å²) in [6, 6.07) is 8.62. The Morgan fingerprint density at radius 3 is 2.33 bits per heavy atom. The predicted molar refractivity (Wildman–Crippen MR) is 67.0 cm³/mol. The molecule has 5 heteroatoms. The quantitative estimate of drug-likeness (QED) is 0.542. The number of rotatable bonds is 5. The fourth-order valence-electron chi connectivity index (χ4n) is 1.73. The minimum absolute atomic E-state index is 0.222. The van der Waals surface area contributed by atoms with Crippen molar-refractivity contribution in [3.8, 4) is 0 Å². The third-order valence-electron chi connectivity index (χ3n) is 2.79. The van der Waals surface area contributed by atoms with Crippen LogP contribution in [0, 0.1) is 0 Å². The van der Waals surface area contributed by atoms with Gasteiger partial charge >= 0.3 is 0 Å². The highest BCUT2D eigenvalue weighted by atomic mass is 16.5. The molecule has 0 saturated carbocycles. The van der Waals surface area contributed by atoms with E-state index in [1.807, 2.05) is 37.3 Å². The number of hydrogen-bond donors (Lipinski definition) is 3. The molecule has 0 unspecified atom stereocenters. The number of hydrogen-bond acceptors (Lipinski definition) is 3. The van der Waals surface area contributed by atoms with Crippen molar-refractivity contribution in [2.24, 2.45) is 0 Å². The van der Waals surface area contributed by atoms with Crippen molar-refractivity contribution in [3.63, 3.8) is 0 Å². The zero-order valence-corrected chi connectivity index (χ0v) is 10.5. The number of amides is 2. The lowest BCUT2D eigenvalue weighted by atomic mass is 9.95. The normalized spacial score (nSPS) is 13.5. The highest BCUT2D eigenvalue weighted by molar-refractivity contribution is 5.89. The zero-order valence-electron chi connectivity index (χ0n) is 10.5. The lowest BCUT2D eigenvalue weighted by Crippen LogP contribution is -2.45. The molecular formula is C13H18N2O3. The monoisotopic (exact) mass is 250 g/mol. The molecule has 0 aliphatic rings. The summed E-state index contributed by atoms with van der Waals surface area (Å²) in [6.07, 6.45) is 0.642. The van der Waals surface area contributed by atoms with Gasteiger partial charge < -0.3 is 5.32 Å². The Kier molecular flexibility index (Phi) is 5.32. The van der Waals surface area contributed by atoms with E-state index in [0.29, 0.717) is 6.42 Å². The number of benzene rings is 1. The van der Waals surface area contributed by atoms with Crippen molar-refractivity contribution in [1.29, 1.82) is 0 Å². The van der Waals surface area contributed by atoms with E-state index in [-0.39, 0.29) is 11.8 Å². The molecule has 1 aromatic carbocycles. The highest BCUT2D eigenvalue weighted by Crippen LogP contribution is 2.19. The van der Waals surface area contributed by atoms with Crippen molar-refractivity contribution < 1.29 is 14.8 Å². The molecule has 2 amide bonds. The van der Waals surface area contributed by atoms with Crippen molar-refractivity contribution >= 4 is 11.8 Å². The number of hydroxylamine groups is 1. The first-order valence-electron chi connectivity index (χ1n) is 5.89.